The summed E-state index contributed by atoms with van der Waals surface area (Å²) in [6.07, 6.45) is 4.54. The van der Waals surface area contributed by atoms with E-state index in [4.69, 9.17) is 9.47 Å². The van der Waals surface area contributed by atoms with Crippen molar-refractivity contribution in [2.45, 2.75) is 12.8 Å². The summed E-state index contributed by atoms with van der Waals surface area (Å²) in [5.74, 6) is 1.31. The molecule has 0 unspecified atom stereocenters. The van der Waals surface area contributed by atoms with E-state index in [9.17, 15) is 4.79 Å². The van der Waals surface area contributed by atoms with Gasteiger partial charge in [0.15, 0.2) is 16.6 Å². The highest BCUT2D eigenvalue weighted by atomic mass is 32.1. The molecule has 0 spiro atoms. The maximum atomic E-state index is 12.3. The molecule has 26 heavy (non-hydrogen) atoms. The molecule has 0 bridgehead atoms. The SMILES string of the molecule is O=C(Cc1ccc2c(c1)OCCCO2)Nc1nc(-c2ccncc2)cs1. The van der Waals surface area contributed by atoms with E-state index < -0.39 is 0 Å². The second kappa shape index (κ2) is 7.53. The Morgan fingerprint density at radius 3 is 2.77 bits per heavy atom. The molecule has 1 N–H and O–H groups in total. The normalized spacial score (nSPS) is 13.1. The van der Waals surface area contributed by atoms with Crippen LogP contribution in [0.4, 0.5) is 5.13 Å². The number of pyridine rings is 1. The van der Waals surface area contributed by atoms with Gasteiger partial charge in [0.25, 0.3) is 0 Å². The third-order valence-electron chi connectivity index (χ3n) is 3.90. The molecule has 0 radical (unpaired) electrons. The maximum Gasteiger partial charge on any atom is 0.230 e. The van der Waals surface area contributed by atoms with Crippen molar-refractivity contribution in [1.82, 2.24) is 9.97 Å². The number of carbonyl (C=O) groups excluding carboxylic acids is 1. The highest BCUT2D eigenvalue weighted by Gasteiger charge is 2.13. The van der Waals surface area contributed by atoms with Gasteiger partial charge in [0.2, 0.25) is 5.91 Å². The first-order chi connectivity index (χ1) is 12.8. The highest BCUT2D eigenvalue weighted by molar-refractivity contribution is 7.14. The van der Waals surface area contributed by atoms with Crippen LogP contribution in [0.15, 0.2) is 48.1 Å². The molecule has 1 aliphatic heterocycles. The number of aromatic nitrogens is 2. The number of ether oxygens (including phenoxy) is 2. The van der Waals surface area contributed by atoms with Crippen LogP contribution in [0.1, 0.15) is 12.0 Å². The number of hydrogen-bond acceptors (Lipinski definition) is 6. The van der Waals surface area contributed by atoms with Gasteiger partial charge in [-0.3, -0.25) is 9.78 Å². The fraction of sp³-hybridized carbons (Fsp3) is 0.211. The van der Waals surface area contributed by atoms with Crippen LogP contribution in [-0.2, 0) is 11.2 Å². The standard InChI is InChI=1S/C19H17N3O3S/c23-18(11-13-2-3-16-17(10-13)25-9-1-8-24-16)22-19-21-15(12-26-19)14-4-6-20-7-5-14/h2-7,10,12H,1,8-9,11H2,(H,21,22,23). The Morgan fingerprint density at radius 2 is 1.92 bits per heavy atom. The van der Waals surface area contributed by atoms with Crippen LogP contribution in [-0.4, -0.2) is 29.1 Å². The van der Waals surface area contributed by atoms with Crippen LogP contribution < -0.4 is 14.8 Å². The molecule has 0 atom stereocenters. The number of hydrogen-bond donors (Lipinski definition) is 1. The molecule has 6 nitrogen and oxygen atoms in total. The van der Waals surface area contributed by atoms with Crippen molar-refractivity contribution in [3.05, 3.63) is 53.7 Å². The van der Waals surface area contributed by atoms with E-state index in [1.165, 1.54) is 11.3 Å². The maximum absolute atomic E-state index is 12.3. The summed E-state index contributed by atoms with van der Waals surface area (Å²) >= 11 is 1.40. The summed E-state index contributed by atoms with van der Waals surface area (Å²) in [5.41, 5.74) is 2.67. The molecule has 1 aliphatic rings. The second-order valence-corrected chi connectivity index (χ2v) is 6.69. The van der Waals surface area contributed by atoms with E-state index in [2.05, 4.69) is 15.3 Å². The van der Waals surface area contributed by atoms with E-state index in [1.807, 2.05) is 35.7 Å². The first kappa shape index (κ1) is 16.5. The zero-order valence-corrected chi connectivity index (χ0v) is 14.8. The minimum atomic E-state index is -0.116. The summed E-state index contributed by atoms with van der Waals surface area (Å²) in [7, 11) is 0. The van der Waals surface area contributed by atoms with Crippen molar-refractivity contribution in [3.8, 4) is 22.8 Å². The van der Waals surface area contributed by atoms with Crippen LogP contribution in [0.3, 0.4) is 0 Å². The van der Waals surface area contributed by atoms with Gasteiger partial charge >= 0.3 is 0 Å². The number of nitrogens with one attached hydrogen (secondary N) is 1. The van der Waals surface area contributed by atoms with Gasteiger partial charge in [-0.2, -0.15) is 0 Å². The smallest absolute Gasteiger partial charge is 0.230 e. The summed E-state index contributed by atoms with van der Waals surface area (Å²) in [5, 5.41) is 5.35. The lowest BCUT2D eigenvalue weighted by molar-refractivity contribution is -0.115. The van der Waals surface area contributed by atoms with Crippen LogP contribution in [0.2, 0.25) is 0 Å². The number of benzene rings is 1. The molecule has 1 amide bonds. The van der Waals surface area contributed by atoms with Crippen molar-refractivity contribution in [2.75, 3.05) is 18.5 Å². The molecule has 0 saturated heterocycles. The molecule has 3 aromatic rings. The first-order valence-corrected chi connectivity index (χ1v) is 9.20. The summed E-state index contributed by atoms with van der Waals surface area (Å²) in [6, 6.07) is 9.38. The number of rotatable bonds is 4. The van der Waals surface area contributed by atoms with E-state index in [0.29, 0.717) is 24.1 Å². The Kier molecular flexibility index (Phi) is 4.79. The molecule has 4 rings (SSSR count). The van der Waals surface area contributed by atoms with E-state index in [0.717, 1.165) is 29.0 Å². The molecule has 1 aromatic carbocycles. The highest BCUT2D eigenvalue weighted by Crippen LogP contribution is 2.31. The summed E-state index contributed by atoms with van der Waals surface area (Å²) in [4.78, 5) is 20.8. The molecule has 0 fully saturated rings. The second-order valence-electron chi connectivity index (χ2n) is 5.83. The average molecular weight is 367 g/mol. The molecule has 7 heteroatoms. The van der Waals surface area contributed by atoms with E-state index in [-0.39, 0.29) is 12.3 Å². The van der Waals surface area contributed by atoms with Gasteiger partial charge in [-0.05, 0) is 29.8 Å². The van der Waals surface area contributed by atoms with E-state index in [1.54, 1.807) is 12.4 Å². The summed E-state index contributed by atoms with van der Waals surface area (Å²) in [6.45, 7) is 1.27. The Labute approximate surface area is 154 Å². The Hall–Kier alpha value is -2.93. The van der Waals surface area contributed by atoms with Crippen LogP contribution in [0.5, 0.6) is 11.5 Å². The number of anilines is 1. The van der Waals surface area contributed by atoms with Gasteiger partial charge in [-0.25, -0.2) is 4.98 Å². The molecular weight excluding hydrogens is 350 g/mol. The van der Waals surface area contributed by atoms with Crippen LogP contribution in [0.25, 0.3) is 11.3 Å². The van der Waals surface area contributed by atoms with Gasteiger partial charge < -0.3 is 14.8 Å². The first-order valence-electron chi connectivity index (χ1n) is 8.32. The Balaban J connectivity index is 1.41. The quantitative estimate of drug-likeness (QED) is 0.763. The fourth-order valence-electron chi connectivity index (χ4n) is 2.65. The van der Waals surface area contributed by atoms with Gasteiger partial charge in [-0.1, -0.05) is 6.07 Å². The molecule has 0 saturated carbocycles. The Bertz CT molecular complexity index is 911. The number of nitrogens with zero attached hydrogens (tertiary/aromatic N) is 2. The fourth-order valence-corrected chi connectivity index (χ4v) is 3.39. The number of carbonyl (C=O) groups is 1. The predicted molar refractivity (Wildman–Crippen MR) is 99.7 cm³/mol. The largest absolute Gasteiger partial charge is 0.490 e. The lowest BCUT2D eigenvalue weighted by Crippen LogP contribution is -2.14. The zero-order chi connectivity index (χ0) is 17.8. The number of fused-ring (bicyclic) bond motifs is 1. The van der Waals surface area contributed by atoms with Gasteiger partial charge in [0.05, 0.1) is 25.3 Å². The monoisotopic (exact) mass is 367 g/mol. The van der Waals surface area contributed by atoms with Crippen molar-refractivity contribution >= 4 is 22.4 Å². The molecule has 132 valence electrons. The molecular formula is C19H17N3O3S. The Morgan fingerprint density at radius 1 is 1.12 bits per heavy atom. The predicted octanol–water partition coefficient (Wildman–Crippen LogP) is 3.55. The number of thiazole rings is 1. The average Bonchev–Trinajstić information content (AvgIpc) is 2.99. The van der Waals surface area contributed by atoms with Gasteiger partial charge in [0.1, 0.15) is 0 Å². The van der Waals surface area contributed by atoms with Gasteiger partial charge in [0, 0.05) is 29.8 Å². The van der Waals surface area contributed by atoms with Crippen LogP contribution in [0, 0.1) is 0 Å². The molecule has 0 aliphatic carbocycles. The molecule has 3 heterocycles. The van der Waals surface area contributed by atoms with Crippen molar-refractivity contribution in [3.63, 3.8) is 0 Å². The minimum absolute atomic E-state index is 0.116. The lowest BCUT2D eigenvalue weighted by Gasteiger charge is -2.09. The van der Waals surface area contributed by atoms with Crippen molar-refractivity contribution in [1.29, 1.82) is 0 Å². The number of amides is 1. The summed E-state index contributed by atoms with van der Waals surface area (Å²) < 4.78 is 11.3. The third-order valence-corrected chi connectivity index (χ3v) is 4.66. The van der Waals surface area contributed by atoms with E-state index >= 15 is 0 Å². The van der Waals surface area contributed by atoms with Crippen molar-refractivity contribution < 1.29 is 14.3 Å². The minimum Gasteiger partial charge on any atom is -0.490 e. The third kappa shape index (κ3) is 3.83. The topological polar surface area (TPSA) is 73.3 Å². The van der Waals surface area contributed by atoms with Crippen LogP contribution >= 0.6 is 11.3 Å². The van der Waals surface area contributed by atoms with Crippen molar-refractivity contribution in [2.24, 2.45) is 0 Å². The lowest BCUT2D eigenvalue weighted by atomic mass is 10.1. The zero-order valence-electron chi connectivity index (χ0n) is 14.0. The molecule has 2 aromatic heterocycles. The van der Waals surface area contributed by atoms with Gasteiger partial charge in [-0.15, -0.1) is 11.3 Å².